The van der Waals surface area contributed by atoms with Gasteiger partial charge in [-0.05, 0) is 57.4 Å². The number of aromatic nitrogens is 2. The number of rotatable bonds is 4. The molecule has 0 saturated carbocycles. The number of esters is 1. The van der Waals surface area contributed by atoms with Crippen molar-refractivity contribution in [1.29, 1.82) is 0 Å². The summed E-state index contributed by atoms with van der Waals surface area (Å²) in [6.07, 6.45) is 1.94. The topological polar surface area (TPSA) is 69.2 Å². The molecule has 5 nitrogen and oxygen atoms in total. The first-order valence-electron chi connectivity index (χ1n) is 7.41. The van der Waals surface area contributed by atoms with Gasteiger partial charge in [0.25, 0.3) is 0 Å². The van der Waals surface area contributed by atoms with Crippen LogP contribution in [0.1, 0.15) is 50.2 Å². The lowest BCUT2D eigenvalue weighted by Crippen LogP contribution is -2.25. The van der Waals surface area contributed by atoms with Crippen LogP contribution in [-0.4, -0.2) is 27.8 Å². The van der Waals surface area contributed by atoms with Crippen LogP contribution < -0.4 is 0 Å². The number of benzene rings is 1. The van der Waals surface area contributed by atoms with E-state index in [1.165, 1.54) is 12.4 Å². The molecule has 0 saturated heterocycles. The van der Waals surface area contributed by atoms with E-state index in [-0.39, 0.29) is 11.5 Å². The second-order valence-electron chi connectivity index (χ2n) is 5.71. The van der Waals surface area contributed by atoms with Gasteiger partial charge in [0.1, 0.15) is 0 Å². The van der Waals surface area contributed by atoms with Crippen molar-refractivity contribution in [3.8, 4) is 0 Å². The highest BCUT2D eigenvalue weighted by Gasteiger charge is 2.23. The Kier molecular flexibility index (Phi) is 4.89. The van der Waals surface area contributed by atoms with Crippen LogP contribution >= 0.6 is 0 Å². The fourth-order valence-electron chi connectivity index (χ4n) is 2.22. The largest absolute Gasteiger partial charge is 0.449 e. The average Bonchev–Trinajstić information content (AvgIpc) is 2.50. The number of ether oxygens (including phenoxy) is 1. The van der Waals surface area contributed by atoms with Gasteiger partial charge in [0.15, 0.2) is 11.8 Å². The molecule has 1 unspecified atom stereocenters. The molecule has 0 radical (unpaired) electrons. The molecule has 1 atom stereocenters. The minimum Gasteiger partial charge on any atom is -0.449 e. The van der Waals surface area contributed by atoms with Crippen molar-refractivity contribution in [2.45, 2.75) is 40.7 Å². The van der Waals surface area contributed by atoms with Crippen LogP contribution in [0.5, 0.6) is 0 Å². The molecule has 1 aromatic carbocycles. The number of aryl methyl sites for hydroxylation is 4. The second kappa shape index (κ2) is 6.69. The van der Waals surface area contributed by atoms with Crippen LogP contribution in [0.25, 0.3) is 0 Å². The van der Waals surface area contributed by atoms with Crippen LogP contribution in [0, 0.1) is 27.7 Å². The SMILES string of the molecule is Cc1cnc(C(=O)OC(C)C(=O)c2cc(C)c(C)cc2C)cn1. The van der Waals surface area contributed by atoms with Crippen LogP contribution in [0.3, 0.4) is 0 Å². The van der Waals surface area contributed by atoms with E-state index in [1.54, 1.807) is 13.8 Å². The first-order chi connectivity index (χ1) is 10.8. The third kappa shape index (κ3) is 3.80. The summed E-state index contributed by atoms with van der Waals surface area (Å²) in [5, 5.41) is 0. The van der Waals surface area contributed by atoms with Gasteiger partial charge in [-0.3, -0.25) is 9.78 Å². The Morgan fingerprint density at radius 3 is 2.22 bits per heavy atom. The van der Waals surface area contributed by atoms with E-state index < -0.39 is 12.1 Å². The van der Waals surface area contributed by atoms with E-state index in [4.69, 9.17) is 4.74 Å². The van der Waals surface area contributed by atoms with Gasteiger partial charge in [-0.1, -0.05) is 6.07 Å². The van der Waals surface area contributed by atoms with Crippen LogP contribution in [0.4, 0.5) is 0 Å². The first-order valence-corrected chi connectivity index (χ1v) is 7.41. The molecule has 0 bridgehead atoms. The number of carbonyl (C=O) groups is 2. The number of carbonyl (C=O) groups excluding carboxylic acids is 2. The van der Waals surface area contributed by atoms with Crippen molar-refractivity contribution in [2.24, 2.45) is 0 Å². The Morgan fingerprint density at radius 1 is 0.957 bits per heavy atom. The number of ketones is 1. The van der Waals surface area contributed by atoms with Gasteiger partial charge in [0.2, 0.25) is 5.78 Å². The summed E-state index contributed by atoms with van der Waals surface area (Å²) in [5.41, 5.74) is 4.39. The summed E-state index contributed by atoms with van der Waals surface area (Å²) in [4.78, 5) is 32.5. The second-order valence-corrected chi connectivity index (χ2v) is 5.71. The summed E-state index contributed by atoms with van der Waals surface area (Å²) in [6.45, 7) is 9.16. The Labute approximate surface area is 135 Å². The maximum atomic E-state index is 12.5. The molecule has 0 aliphatic rings. The van der Waals surface area contributed by atoms with Crippen molar-refractivity contribution in [2.75, 3.05) is 0 Å². The maximum absolute atomic E-state index is 12.5. The van der Waals surface area contributed by atoms with E-state index in [0.29, 0.717) is 11.3 Å². The van der Waals surface area contributed by atoms with Crippen molar-refractivity contribution in [1.82, 2.24) is 9.97 Å². The molecule has 1 heterocycles. The Bertz CT molecular complexity index is 752. The third-order valence-electron chi connectivity index (χ3n) is 3.75. The Morgan fingerprint density at radius 2 is 1.61 bits per heavy atom. The van der Waals surface area contributed by atoms with E-state index in [9.17, 15) is 9.59 Å². The van der Waals surface area contributed by atoms with Gasteiger partial charge in [0.05, 0.1) is 11.9 Å². The lowest BCUT2D eigenvalue weighted by Gasteiger charge is -2.15. The highest BCUT2D eigenvalue weighted by molar-refractivity contribution is 6.02. The van der Waals surface area contributed by atoms with Gasteiger partial charge >= 0.3 is 5.97 Å². The van der Waals surface area contributed by atoms with E-state index in [1.807, 2.05) is 32.9 Å². The molecule has 120 valence electrons. The number of nitrogens with zero attached hydrogens (tertiary/aromatic N) is 2. The third-order valence-corrected chi connectivity index (χ3v) is 3.75. The van der Waals surface area contributed by atoms with Gasteiger partial charge in [-0.25, -0.2) is 9.78 Å². The maximum Gasteiger partial charge on any atom is 0.359 e. The monoisotopic (exact) mass is 312 g/mol. The Balaban J connectivity index is 2.15. The van der Waals surface area contributed by atoms with Gasteiger partial charge in [0, 0.05) is 11.8 Å². The fourth-order valence-corrected chi connectivity index (χ4v) is 2.22. The summed E-state index contributed by atoms with van der Waals surface area (Å²) in [6, 6.07) is 3.80. The highest BCUT2D eigenvalue weighted by Crippen LogP contribution is 2.18. The number of hydrogen-bond donors (Lipinski definition) is 0. The number of Topliss-reactive ketones (excluding diaryl/α,β-unsaturated/α-hetero) is 1. The average molecular weight is 312 g/mol. The zero-order valence-electron chi connectivity index (χ0n) is 14.0. The van der Waals surface area contributed by atoms with Crippen molar-refractivity contribution >= 4 is 11.8 Å². The summed E-state index contributed by atoms with van der Waals surface area (Å²) >= 11 is 0. The van der Waals surface area contributed by atoms with Gasteiger partial charge in [-0.15, -0.1) is 0 Å². The number of hydrogen-bond acceptors (Lipinski definition) is 5. The molecule has 0 N–H and O–H groups in total. The summed E-state index contributed by atoms with van der Waals surface area (Å²) < 4.78 is 5.23. The smallest absolute Gasteiger partial charge is 0.359 e. The lowest BCUT2D eigenvalue weighted by molar-refractivity contribution is 0.0312. The molecule has 0 spiro atoms. The zero-order valence-corrected chi connectivity index (χ0v) is 14.0. The van der Waals surface area contributed by atoms with E-state index in [2.05, 4.69) is 9.97 Å². The van der Waals surface area contributed by atoms with Crippen molar-refractivity contribution in [3.05, 3.63) is 58.2 Å². The quantitative estimate of drug-likeness (QED) is 0.641. The van der Waals surface area contributed by atoms with Crippen LogP contribution in [-0.2, 0) is 4.74 Å². The normalized spacial score (nSPS) is 11.9. The highest BCUT2D eigenvalue weighted by atomic mass is 16.5. The minimum absolute atomic E-state index is 0.0899. The molecule has 0 aliphatic carbocycles. The molecule has 0 amide bonds. The molecule has 2 aromatic rings. The predicted octanol–water partition coefficient (Wildman–Crippen LogP) is 3.14. The molecular formula is C18H20N2O3. The van der Waals surface area contributed by atoms with E-state index in [0.717, 1.165) is 16.7 Å². The van der Waals surface area contributed by atoms with Crippen LogP contribution in [0.2, 0.25) is 0 Å². The molecule has 23 heavy (non-hydrogen) atoms. The molecular weight excluding hydrogens is 292 g/mol. The lowest BCUT2D eigenvalue weighted by atomic mass is 9.96. The zero-order chi connectivity index (χ0) is 17.1. The van der Waals surface area contributed by atoms with Crippen LogP contribution in [0.15, 0.2) is 24.5 Å². The molecule has 5 heteroatoms. The minimum atomic E-state index is -0.883. The van der Waals surface area contributed by atoms with Crippen molar-refractivity contribution in [3.63, 3.8) is 0 Å². The summed E-state index contributed by atoms with van der Waals surface area (Å²) in [7, 11) is 0. The van der Waals surface area contributed by atoms with Gasteiger partial charge in [-0.2, -0.15) is 0 Å². The standard InChI is InChI=1S/C18H20N2O3/c1-10-6-12(3)15(7-11(10)2)17(21)14(5)23-18(22)16-9-19-13(4)8-20-16/h6-9,14H,1-5H3. The Hall–Kier alpha value is -2.56. The van der Waals surface area contributed by atoms with Gasteiger partial charge < -0.3 is 4.74 Å². The fraction of sp³-hybridized carbons (Fsp3) is 0.333. The molecule has 0 aliphatic heterocycles. The predicted molar refractivity (Wildman–Crippen MR) is 86.6 cm³/mol. The first kappa shape index (κ1) is 16.8. The molecule has 1 aromatic heterocycles. The summed E-state index contributed by atoms with van der Waals surface area (Å²) in [5.74, 6) is -0.876. The molecule has 2 rings (SSSR count). The van der Waals surface area contributed by atoms with Crippen molar-refractivity contribution < 1.29 is 14.3 Å². The van der Waals surface area contributed by atoms with E-state index >= 15 is 0 Å². The molecule has 0 fully saturated rings.